The maximum Gasteiger partial charge on any atom is 0.295 e. The van der Waals surface area contributed by atoms with Crippen LogP contribution in [0.25, 0.3) is 5.76 Å². The van der Waals surface area contributed by atoms with Crippen molar-refractivity contribution < 1.29 is 28.9 Å². The number of likely N-dealkylation sites (tertiary alicyclic amines) is 1. The van der Waals surface area contributed by atoms with E-state index in [1.54, 1.807) is 24.3 Å². The molecule has 0 aliphatic carbocycles. The van der Waals surface area contributed by atoms with Gasteiger partial charge in [-0.25, -0.2) is 0 Å². The van der Waals surface area contributed by atoms with E-state index in [4.69, 9.17) is 14.2 Å². The molecule has 0 spiro atoms. The molecule has 0 unspecified atom stereocenters. The van der Waals surface area contributed by atoms with Gasteiger partial charge in [-0.1, -0.05) is 13.0 Å². The summed E-state index contributed by atoms with van der Waals surface area (Å²) in [4.78, 5) is 30.1. The quantitative estimate of drug-likeness (QED) is 0.293. The SMILES string of the molecule is CCCOc1ccc([C@H]2/C(=C(\O)c3ccc4c(c3)C[C@H](C)O4)C(=O)C(=O)N2CCN(C)C)cc1OCC. The smallest absolute Gasteiger partial charge is 0.295 e. The fourth-order valence-electron chi connectivity index (χ4n) is 4.78. The molecule has 0 saturated carbocycles. The Balaban J connectivity index is 1.82. The van der Waals surface area contributed by atoms with Crippen LogP contribution in [0, 0.1) is 0 Å². The van der Waals surface area contributed by atoms with Crippen LogP contribution in [-0.4, -0.2) is 73.1 Å². The van der Waals surface area contributed by atoms with Crippen molar-refractivity contribution in [3.8, 4) is 17.2 Å². The van der Waals surface area contributed by atoms with Crippen LogP contribution < -0.4 is 14.2 Å². The molecule has 0 radical (unpaired) electrons. The summed E-state index contributed by atoms with van der Waals surface area (Å²) in [6.07, 6.45) is 1.62. The molecule has 2 atom stereocenters. The number of aliphatic hydroxyl groups excluding tert-OH is 1. The molecule has 8 nitrogen and oxygen atoms in total. The minimum atomic E-state index is -0.761. The zero-order valence-electron chi connectivity index (χ0n) is 22.2. The number of likely N-dealkylation sites (N-methyl/N-ethyl adjacent to an activating group) is 1. The van der Waals surface area contributed by atoms with E-state index in [1.165, 1.54) is 4.90 Å². The predicted octanol–water partition coefficient (Wildman–Crippen LogP) is 4.18. The fourth-order valence-corrected chi connectivity index (χ4v) is 4.78. The number of ether oxygens (including phenoxy) is 3. The molecule has 2 aliphatic heterocycles. The second-order valence-corrected chi connectivity index (χ2v) is 9.74. The van der Waals surface area contributed by atoms with Crippen LogP contribution in [0.4, 0.5) is 0 Å². The number of ketones is 1. The molecule has 198 valence electrons. The summed E-state index contributed by atoms with van der Waals surface area (Å²) in [7, 11) is 3.82. The highest BCUT2D eigenvalue weighted by Crippen LogP contribution is 2.42. The van der Waals surface area contributed by atoms with Crippen LogP contribution in [-0.2, 0) is 16.0 Å². The lowest BCUT2D eigenvalue weighted by Crippen LogP contribution is -2.35. The van der Waals surface area contributed by atoms with Crippen LogP contribution in [0.5, 0.6) is 17.2 Å². The van der Waals surface area contributed by atoms with Gasteiger partial charge in [-0.2, -0.15) is 0 Å². The molecular formula is C29H36N2O6. The van der Waals surface area contributed by atoms with E-state index in [2.05, 4.69) is 0 Å². The molecule has 0 bridgehead atoms. The second kappa shape index (κ2) is 11.3. The molecule has 1 saturated heterocycles. The van der Waals surface area contributed by atoms with Crippen LogP contribution in [0.15, 0.2) is 42.0 Å². The number of nitrogens with zero attached hydrogens (tertiary/aromatic N) is 2. The van der Waals surface area contributed by atoms with Crippen molar-refractivity contribution in [3.63, 3.8) is 0 Å². The summed E-state index contributed by atoms with van der Waals surface area (Å²) >= 11 is 0. The molecular weight excluding hydrogens is 472 g/mol. The third kappa shape index (κ3) is 5.44. The minimum Gasteiger partial charge on any atom is -0.507 e. The number of aliphatic hydroxyl groups is 1. The van der Waals surface area contributed by atoms with Gasteiger partial charge in [-0.3, -0.25) is 9.59 Å². The standard InChI is InChI=1S/C29H36N2O6/c1-6-14-36-23-11-8-19(17-24(23)35-7-2)26-25(28(33)29(34)31(26)13-12-30(4)5)27(32)20-9-10-22-21(16-20)15-18(3)37-22/h8-11,16-18,26,32H,6-7,12-15H2,1-5H3/b27-25+/t18-,26-/m0/s1. The Morgan fingerprint density at radius 1 is 1.11 bits per heavy atom. The number of carbonyl (C=O) groups excluding carboxylic acids is 2. The highest BCUT2D eigenvalue weighted by Gasteiger charge is 2.46. The maximum atomic E-state index is 13.4. The van der Waals surface area contributed by atoms with Crippen molar-refractivity contribution in [1.29, 1.82) is 0 Å². The van der Waals surface area contributed by atoms with Gasteiger partial charge in [0.1, 0.15) is 17.6 Å². The molecule has 1 amide bonds. The summed E-state index contributed by atoms with van der Waals surface area (Å²) in [5.41, 5.74) is 2.19. The van der Waals surface area contributed by atoms with E-state index < -0.39 is 17.7 Å². The summed E-state index contributed by atoms with van der Waals surface area (Å²) in [6, 6.07) is 10.0. The molecule has 0 aromatic heterocycles. The first kappa shape index (κ1) is 26.5. The van der Waals surface area contributed by atoms with Crippen molar-refractivity contribution in [2.75, 3.05) is 40.4 Å². The van der Waals surface area contributed by atoms with E-state index in [-0.39, 0.29) is 17.4 Å². The number of carbonyl (C=O) groups is 2. The van der Waals surface area contributed by atoms with Gasteiger partial charge in [0.2, 0.25) is 0 Å². The number of fused-ring (bicyclic) bond motifs is 1. The number of benzene rings is 2. The van der Waals surface area contributed by atoms with E-state index in [0.29, 0.717) is 55.4 Å². The van der Waals surface area contributed by atoms with Gasteiger partial charge in [-0.05, 0) is 75.8 Å². The van der Waals surface area contributed by atoms with Gasteiger partial charge in [0.15, 0.2) is 11.5 Å². The Morgan fingerprint density at radius 2 is 1.89 bits per heavy atom. The molecule has 8 heteroatoms. The number of rotatable bonds is 10. The fraction of sp³-hybridized carbons (Fsp3) is 0.448. The number of hydrogen-bond acceptors (Lipinski definition) is 7. The highest BCUT2D eigenvalue weighted by atomic mass is 16.5. The van der Waals surface area contributed by atoms with Gasteiger partial charge < -0.3 is 29.1 Å². The molecule has 4 rings (SSSR count). The van der Waals surface area contributed by atoms with Crippen LogP contribution in [0.1, 0.15) is 49.9 Å². The molecule has 1 fully saturated rings. The van der Waals surface area contributed by atoms with Gasteiger partial charge >= 0.3 is 0 Å². The Kier molecular flexibility index (Phi) is 8.07. The lowest BCUT2D eigenvalue weighted by Gasteiger charge is -2.27. The van der Waals surface area contributed by atoms with Gasteiger partial charge in [-0.15, -0.1) is 0 Å². The Hall–Kier alpha value is -3.52. The van der Waals surface area contributed by atoms with Gasteiger partial charge in [0.25, 0.3) is 11.7 Å². The van der Waals surface area contributed by atoms with Gasteiger partial charge in [0, 0.05) is 25.1 Å². The molecule has 2 aromatic carbocycles. The summed E-state index contributed by atoms with van der Waals surface area (Å²) in [6.45, 7) is 7.76. The van der Waals surface area contributed by atoms with Crippen LogP contribution in [0.2, 0.25) is 0 Å². The second-order valence-electron chi connectivity index (χ2n) is 9.74. The summed E-state index contributed by atoms with van der Waals surface area (Å²) < 4.78 is 17.5. The van der Waals surface area contributed by atoms with Crippen LogP contribution in [0.3, 0.4) is 0 Å². The first-order valence-electron chi connectivity index (χ1n) is 12.9. The topological polar surface area (TPSA) is 88.5 Å². The molecule has 2 aromatic rings. The van der Waals surface area contributed by atoms with Gasteiger partial charge in [0.05, 0.1) is 24.8 Å². The monoisotopic (exact) mass is 508 g/mol. The average molecular weight is 509 g/mol. The first-order valence-corrected chi connectivity index (χ1v) is 12.9. The Bertz CT molecular complexity index is 1200. The summed E-state index contributed by atoms with van der Waals surface area (Å²) in [5.74, 6) is 0.394. The normalized spacial score (nSPS) is 20.3. The first-order chi connectivity index (χ1) is 17.7. The lowest BCUT2D eigenvalue weighted by atomic mass is 9.94. The predicted molar refractivity (Wildman–Crippen MR) is 141 cm³/mol. The average Bonchev–Trinajstić information content (AvgIpc) is 3.36. The zero-order chi connectivity index (χ0) is 26.7. The van der Waals surface area contributed by atoms with E-state index in [9.17, 15) is 14.7 Å². The number of hydrogen-bond donors (Lipinski definition) is 1. The van der Waals surface area contributed by atoms with Crippen molar-refractivity contribution in [1.82, 2.24) is 9.80 Å². The zero-order valence-corrected chi connectivity index (χ0v) is 22.2. The van der Waals surface area contributed by atoms with E-state index in [0.717, 1.165) is 17.7 Å². The Morgan fingerprint density at radius 3 is 2.59 bits per heavy atom. The minimum absolute atomic E-state index is 0.0504. The number of Topliss-reactive ketones (excluding diaryl/α,β-unsaturated/α-hetero) is 1. The molecule has 37 heavy (non-hydrogen) atoms. The van der Waals surface area contributed by atoms with Crippen molar-refractivity contribution >= 4 is 17.4 Å². The Labute approximate surface area is 218 Å². The molecule has 2 heterocycles. The van der Waals surface area contributed by atoms with Crippen molar-refractivity contribution in [3.05, 3.63) is 58.7 Å². The van der Waals surface area contributed by atoms with Crippen molar-refractivity contribution in [2.24, 2.45) is 0 Å². The van der Waals surface area contributed by atoms with Crippen LogP contribution >= 0.6 is 0 Å². The summed E-state index contributed by atoms with van der Waals surface area (Å²) in [5, 5.41) is 11.4. The third-order valence-corrected chi connectivity index (χ3v) is 6.54. The highest BCUT2D eigenvalue weighted by molar-refractivity contribution is 6.46. The van der Waals surface area contributed by atoms with Crippen molar-refractivity contribution in [2.45, 2.75) is 45.8 Å². The largest absolute Gasteiger partial charge is 0.507 e. The van der Waals surface area contributed by atoms with E-state index >= 15 is 0 Å². The maximum absolute atomic E-state index is 13.4. The molecule has 2 aliphatic rings. The van der Waals surface area contributed by atoms with E-state index in [1.807, 2.05) is 51.9 Å². The number of amides is 1. The third-order valence-electron chi connectivity index (χ3n) is 6.54. The lowest BCUT2D eigenvalue weighted by molar-refractivity contribution is -0.140. The molecule has 1 N–H and O–H groups in total.